The molecule has 1 atom stereocenters. The molecule has 1 aliphatic carbocycles. The van der Waals surface area contributed by atoms with Crippen LogP contribution in [0, 0.1) is 5.92 Å². The minimum atomic E-state index is -0.0851. The van der Waals surface area contributed by atoms with Gasteiger partial charge in [-0.3, -0.25) is 0 Å². The van der Waals surface area contributed by atoms with Crippen LogP contribution in [0.2, 0.25) is 0 Å². The zero-order valence-corrected chi connectivity index (χ0v) is 19.9. The summed E-state index contributed by atoms with van der Waals surface area (Å²) in [5.74, 6) is 1.97. The first-order chi connectivity index (χ1) is 15.9. The molecule has 4 aromatic rings. The number of fused-ring (bicyclic) bond motifs is 3. The Balaban J connectivity index is 0.000000821. The predicted octanol–water partition coefficient (Wildman–Crippen LogP) is 5.57. The molecule has 6 N–H and O–H groups in total. The third kappa shape index (κ3) is 4.63. The van der Waals surface area contributed by atoms with E-state index in [1.54, 1.807) is 0 Å². The summed E-state index contributed by atoms with van der Waals surface area (Å²) in [6.45, 7) is 8.87. The molecule has 2 heterocycles. The number of benzene rings is 2. The van der Waals surface area contributed by atoms with Gasteiger partial charge in [-0.05, 0) is 57.9 Å². The first kappa shape index (κ1) is 23.0. The van der Waals surface area contributed by atoms with Gasteiger partial charge in [-0.2, -0.15) is 0 Å². The minimum Gasteiger partial charge on any atom is -0.341 e. The third-order valence-corrected chi connectivity index (χ3v) is 5.95. The summed E-state index contributed by atoms with van der Waals surface area (Å²) in [5, 5.41) is 0. The van der Waals surface area contributed by atoms with Gasteiger partial charge in [0, 0.05) is 0 Å². The van der Waals surface area contributed by atoms with Crippen molar-refractivity contribution in [3.05, 3.63) is 71.6 Å². The van der Waals surface area contributed by atoms with Crippen molar-refractivity contribution in [2.24, 2.45) is 17.4 Å². The SMILES string of the molecule is CC(C)C(N)c1ncc(-c2ccc3c(c2)Cc2cc(-c4cnc(CN)[nH]4)ccc2-3)[nH]1.CCC. The number of H-pyrrole nitrogens is 2. The number of nitrogens with zero attached hydrogens (tertiary/aromatic N) is 2. The van der Waals surface area contributed by atoms with Crippen molar-refractivity contribution in [3.8, 4) is 33.6 Å². The van der Waals surface area contributed by atoms with E-state index in [2.05, 4.69) is 84.0 Å². The largest absolute Gasteiger partial charge is 0.341 e. The lowest BCUT2D eigenvalue weighted by Crippen LogP contribution is -2.18. The third-order valence-electron chi connectivity index (χ3n) is 5.95. The van der Waals surface area contributed by atoms with Gasteiger partial charge >= 0.3 is 0 Å². The summed E-state index contributed by atoms with van der Waals surface area (Å²) in [6, 6.07) is 13.1. The maximum absolute atomic E-state index is 6.24. The number of aromatic amines is 2. The molecule has 0 saturated heterocycles. The number of hydrogen-bond donors (Lipinski definition) is 4. The second-order valence-electron chi connectivity index (χ2n) is 9.03. The molecular weight excluding hydrogens is 408 g/mol. The Morgan fingerprint density at radius 2 is 1.42 bits per heavy atom. The lowest BCUT2D eigenvalue weighted by atomic mass is 10.0. The molecule has 1 unspecified atom stereocenters. The van der Waals surface area contributed by atoms with Crippen LogP contribution in [0.1, 0.15) is 62.9 Å². The Hall–Kier alpha value is -3.22. The van der Waals surface area contributed by atoms with Gasteiger partial charge in [0.15, 0.2) is 0 Å². The fraction of sp³-hybridized carbons (Fsp3) is 0.333. The molecule has 5 rings (SSSR count). The lowest BCUT2D eigenvalue weighted by molar-refractivity contribution is 0.494. The van der Waals surface area contributed by atoms with Crippen LogP contribution in [0.5, 0.6) is 0 Å². The molecule has 2 aromatic carbocycles. The van der Waals surface area contributed by atoms with E-state index in [-0.39, 0.29) is 6.04 Å². The first-order valence-corrected chi connectivity index (χ1v) is 11.8. The molecule has 6 nitrogen and oxygen atoms in total. The lowest BCUT2D eigenvalue weighted by Gasteiger charge is -2.12. The molecular formula is C27H34N6. The minimum absolute atomic E-state index is 0.0851. The van der Waals surface area contributed by atoms with E-state index in [1.807, 2.05) is 12.4 Å². The van der Waals surface area contributed by atoms with Crippen molar-refractivity contribution in [2.75, 3.05) is 0 Å². The highest BCUT2D eigenvalue weighted by Crippen LogP contribution is 2.40. The topological polar surface area (TPSA) is 109 Å². The van der Waals surface area contributed by atoms with Crippen LogP contribution in [0.3, 0.4) is 0 Å². The first-order valence-electron chi connectivity index (χ1n) is 11.8. The van der Waals surface area contributed by atoms with Crippen molar-refractivity contribution < 1.29 is 0 Å². The highest BCUT2D eigenvalue weighted by Gasteiger charge is 2.21. The Kier molecular flexibility index (Phi) is 6.77. The summed E-state index contributed by atoms with van der Waals surface area (Å²) in [6.07, 6.45) is 5.89. The van der Waals surface area contributed by atoms with E-state index in [1.165, 1.54) is 28.7 Å². The van der Waals surface area contributed by atoms with Gasteiger partial charge in [0.1, 0.15) is 11.6 Å². The Morgan fingerprint density at radius 1 is 0.879 bits per heavy atom. The van der Waals surface area contributed by atoms with Crippen LogP contribution >= 0.6 is 0 Å². The fourth-order valence-corrected chi connectivity index (χ4v) is 4.13. The molecule has 0 saturated carbocycles. The van der Waals surface area contributed by atoms with Crippen LogP contribution in [-0.2, 0) is 13.0 Å². The van der Waals surface area contributed by atoms with Crippen molar-refractivity contribution in [2.45, 2.75) is 53.1 Å². The highest BCUT2D eigenvalue weighted by atomic mass is 15.0. The monoisotopic (exact) mass is 442 g/mol. The summed E-state index contributed by atoms with van der Waals surface area (Å²) >= 11 is 0. The molecule has 0 fully saturated rings. The second kappa shape index (κ2) is 9.73. The van der Waals surface area contributed by atoms with Gasteiger partial charge in [0.2, 0.25) is 0 Å². The number of nitrogens with one attached hydrogen (secondary N) is 2. The molecule has 0 aliphatic heterocycles. The van der Waals surface area contributed by atoms with E-state index in [0.29, 0.717) is 12.5 Å². The average molecular weight is 443 g/mol. The van der Waals surface area contributed by atoms with E-state index >= 15 is 0 Å². The zero-order chi connectivity index (χ0) is 23.5. The number of rotatable bonds is 5. The number of hydrogen-bond acceptors (Lipinski definition) is 4. The maximum Gasteiger partial charge on any atom is 0.123 e. The van der Waals surface area contributed by atoms with Crippen LogP contribution in [0.4, 0.5) is 0 Å². The van der Waals surface area contributed by atoms with Gasteiger partial charge in [-0.25, -0.2) is 9.97 Å². The predicted molar refractivity (Wildman–Crippen MR) is 135 cm³/mol. The number of aromatic nitrogens is 4. The standard InChI is InChI=1S/C24H26N6.C3H8/c1-13(2)23(26)24-28-12-21(30-24)15-4-6-19-17(8-15)9-16-7-14(3-5-18(16)19)20-11-27-22(10-25)29-20;1-3-2/h3-8,11-13,23H,9-10,25-26H2,1-2H3,(H,27,29)(H,28,30);3H2,1-2H3. The van der Waals surface area contributed by atoms with Gasteiger partial charge in [0.25, 0.3) is 0 Å². The van der Waals surface area contributed by atoms with Crippen LogP contribution in [0.25, 0.3) is 33.6 Å². The van der Waals surface area contributed by atoms with Gasteiger partial charge in [0.05, 0.1) is 36.4 Å². The normalized spacial score (nSPS) is 12.8. The van der Waals surface area contributed by atoms with Crippen molar-refractivity contribution in [1.82, 2.24) is 19.9 Å². The van der Waals surface area contributed by atoms with Crippen molar-refractivity contribution in [1.29, 1.82) is 0 Å². The Bertz CT molecular complexity index is 1230. The quantitative estimate of drug-likeness (QED) is 0.285. The molecule has 172 valence electrons. The summed E-state index contributed by atoms with van der Waals surface area (Å²) in [4.78, 5) is 15.5. The van der Waals surface area contributed by atoms with Crippen molar-refractivity contribution >= 4 is 0 Å². The summed E-state index contributed by atoms with van der Waals surface area (Å²) in [7, 11) is 0. The van der Waals surface area contributed by atoms with Crippen LogP contribution in [0.15, 0.2) is 48.8 Å². The Labute approximate surface area is 195 Å². The maximum atomic E-state index is 6.24. The summed E-state index contributed by atoms with van der Waals surface area (Å²) in [5.41, 5.74) is 21.5. The van der Waals surface area contributed by atoms with Crippen LogP contribution in [-0.4, -0.2) is 19.9 Å². The van der Waals surface area contributed by atoms with E-state index in [0.717, 1.165) is 40.6 Å². The van der Waals surface area contributed by atoms with E-state index in [4.69, 9.17) is 11.5 Å². The smallest absolute Gasteiger partial charge is 0.123 e. The summed E-state index contributed by atoms with van der Waals surface area (Å²) < 4.78 is 0. The number of imidazole rings is 2. The molecule has 0 amide bonds. The van der Waals surface area contributed by atoms with Gasteiger partial charge in [-0.1, -0.05) is 58.4 Å². The van der Waals surface area contributed by atoms with Gasteiger partial charge in [-0.15, -0.1) is 0 Å². The molecule has 1 aliphatic rings. The molecule has 0 radical (unpaired) electrons. The Morgan fingerprint density at radius 3 is 1.94 bits per heavy atom. The average Bonchev–Trinajstić information content (AvgIpc) is 3.56. The highest BCUT2D eigenvalue weighted by molar-refractivity contribution is 5.81. The second-order valence-corrected chi connectivity index (χ2v) is 9.03. The molecule has 6 heteroatoms. The molecule has 0 bridgehead atoms. The fourth-order valence-electron chi connectivity index (χ4n) is 4.13. The van der Waals surface area contributed by atoms with Crippen LogP contribution < -0.4 is 11.5 Å². The van der Waals surface area contributed by atoms with Crippen molar-refractivity contribution in [3.63, 3.8) is 0 Å². The molecule has 33 heavy (non-hydrogen) atoms. The van der Waals surface area contributed by atoms with E-state index < -0.39 is 0 Å². The molecule has 2 aromatic heterocycles. The molecule has 0 spiro atoms. The number of nitrogens with two attached hydrogens (primary N) is 2. The van der Waals surface area contributed by atoms with Gasteiger partial charge < -0.3 is 21.4 Å². The zero-order valence-electron chi connectivity index (χ0n) is 19.9. The van der Waals surface area contributed by atoms with E-state index in [9.17, 15) is 0 Å².